The average Bonchev–Trinajstić information content (AvgIpc) is 2.85. The van der Waals surface area contributed by atoms with Gasteiger partial charge in [-0.2, -0.15) is 0 Å². The normalized spacial score (nSPS) is 15.0. The minimum atomic E-state index is -0.697. The van der Waals surface area contributed by atoms with Crippen LogP contribution >= 0.6 is 0 Å². The summed E-state index contributed by atoms with van der Waals surface area (Å²) in [6.45, 7) is 6.80. The number of amides is 2. The molecular formula is C26H35N3O4. The SMILES string of the molecule is CCCC(=O)N(Cc1ccc(OC)cc1)C(C(=O)NCCN1CCOCC1)c1ccccc1. The number of methoxy groups -OCH3 is 1. The molecule has 0 aliphatic carbocycles. The van der Waals surface area contributed by atoms with Gasteiger partial charge in [0.1, 0.15) is 11.8 Å². The Kier molecular flexibility index (Phi) is 9.72. The molecule has 1 unspecified atom stereocenters. The molecule has 0 radical (unpaired) electrons. The highest BCUT2D eigenvalue weighted by atomic mass is 16.5. The second-order valence-electron chi connectivity index (χ2n) is 8.18. The molecule has 3 rings (SSSR count). The van der Waals surface area contributed by atoms with Crippen molar-refractivity contribution in [1.82, 2.24) is 15.1 Å². The standard InChI is InChI=1S/C26H35N3O4/c1-3-7-24(30)29(20-21-10-12-23(32-2)13-11-21)25(22-8-5-4-6-9-22)26(31)27-14-15-28-16-18-33-19-17-28/h4-6,8-13,25H,3,7,14-20H2,1-2H3,(H,27,31). The van der Waals surface area contributed by atoms with Crippen LogP contribution in [0.1, 0.15) is 36.9 Å². The van der Waals surface area contributed by atoms with Gasteiger partial charge in [-0.05, 0) is 29.7 Å². The van der Waals surface area contributed by atoms with E-state index in [1.165, 1.54) is 0 Å². The van der Waals surface area contributed by atoms with Crippen molar-refractivity contribution in [1.29, 1.82) is 0 Å². The van der Waals surface area contributed by atoms with Crippen LogP contribution in [-0.2, 0) is 20.9 Å². The molecule has 0 bridgehead atoms. The van der Waals surface area contributed by atoms with E-state index in [-0.39, 0.29) is 11.8 Å². The molecule has 178 valence electrons. The summed E-state index contributed by atoms with van der Waals surface area (Å²) in [5, 5.41) is 3.07. The first-order valence-corrected chi connectivity index (χ1v) is 11.7. The van der Waals surface area contributed by atoms with Gasteiger partial charge in [0.15, 0.2) is 0 Å². The van der Waals surface area contributed by atoms with Crippen molar-refractivity contribution in [2.24, 2.45) is 0 Å². The summed E-state index contributed by atoms with van der Waals surface area (Å²) in [5.41, 5.74) is 1.75. The Labute approximate surface area is 196 Å². The van der Waals surface area contributed by atoms with Gasteiger partial charge in [0.2, 0.25) is 11.8 Å². The molecule has 2 aromatic rings. The lowest BCUT2D eigenvalue weighted by Crippen LogP contribution is -2.46. The summed E-state index contributed by atoms with van der Waals surface area (Å²) in [6.07, 6.45) is 1.11. The zero-order valence-corrected chi connectivity index (χ0v) is 19.7. The highest BCUT2D eigenvalue weighted by Crippen LogP contribution is 2.25. The molecule has 1 aliphatic rings. The van der Waals surface area contributed by atoms with Crippen LogP contribution < -0.4 is 10.1 Å². The number of hydrogen-bond donors (Lipinski definition) is 1. The molecule has 1 N–H and O–H groups in total. The van der Waals surface area contributed by atoms with Crippen LogP contribution in [-0.4, -0.2) is 68.1 Å². The van der Waals surface area contributed by atoms with E-state index in [1.807, 2.05) is 61.5 Å². The van der Waals surface area contributed by atoms with Gasteiger partial charge in [0.25, 0.3) is 0 Å². The summed E-state index contributed by atoms with van der Waals surface area (Å²) in [5.74, 6) is 0.559. The highest BCUT2D eigenvalue weighted by molar-refractivity contribution is 5.88. The molecule has 1 aliphatic heterocycles. The van der Waals surface area contributed by atoms with Crippen LogP contribution in [0.15, 0.2) is 54.6 Å². The first-order valence-electron chi connectivity index (χ1n) is 11.7. The van der Waals surface area contributed by atoms with Crippen LogP contribution in [0.3, 0.4) is 0 Å². The number of nitrogens with zero attached hydrogens (tertiary/aromatic N) is 2. The van der Waals surface area contributed by atoms with E-state index in [9.17, 15) is 9.59 Å². The quantitative estimate of drug-likeness (QED) is 0.566. The van der Waals surface area contributed by atoms with Gasteiger partial charge in [-0.15, -0.1) is 0 Å². The van der Waals surface area contributed by atoms with E-state index in [1.54, 1.807) is 12.0 Å². The average molecular weight is 454 g/mol. The van der Waals surface area contributed by atoms with Gasteiger partial charge < -0.3 is 19.7 Å². The fourth-order valence-electron chi connectivity index (χ4n) is 3.98. The molecule has 0 aromatic heterocycles. The minimum Gasteiger partial charge on any atom is -0.497 e. The number of nitrogens with one attached hydrogen (secondary N) is 1. The van der Waals surface area contributed by atoms with Crippen molar-refractivity contribution in [2.75, 3.05) is 46.5 Å². The number of carbonyl (C=O) groups is 2. The Morgan fingerprint density at radius 1 is 1.09 bits per heavy atom. The van der Waals surface area contributed by atoms with Crippen molar-refractivity contribution in [2.45, 2.75) is 32.4 Å². The first-order chi connectivity index (χ1) is 16.1. The molecule has 1 saturated heterocycles. The maximum Gasteiger partial charge on any atom is 0.247 e. The molecule has 2 amide bonds. The third-order valence-corrected chi connectivity index (χ3v) is 5.80. The third-order valence-electron chi connectivity index (χ3n) is 5.80. The fraction of sp³-hybridized carbons (Fsp3) is 0.462. The first kappa shape index (κ1) is 24.7. The van der Waals surface area contributed by atoms with E-state index in [4.69, 9.17) is 9.47 Å². The largest absolute Gasteiger partial charge is 0.497 e. The van der Waals surface area contributed by atoms with Crippen molar-refractivity contribution in [3.05, 3.63) is 65.7 Å². The molecule has 0 saturated carbocycles. The summed E-state index contributed by atoms with van der Waals surface area (Å²) in [7, 11) is 1.62. The Morgan fingerprint density at radius 2 is 1.79 bits per heavy atom. The predicted octanol–water partition coefficient (Wildman–Crippen LogP) is 3.01. The van der Waals surface area contributed by atoms with Crippen molar-refractivity contribution in [3.8, 4) is 5.75 Å². The number of hydrogen-bond acceptors (Lipinski definition) is 5. The van der Waals surface area contributed by atoms with Crippen LogP contribution in [0.25, 0.3) is 0 Å². The fourth-order valence-corrected chi connectivity index (χ4v) is 3.98. The molecule has 1 heterocycles. The Bertz CT molecular complexity index is 867. The number of benzene rings is 2. The van der Waals surface area contributed by atoms with Crippen LogP contribution in [0.2, 0.25) is 0 Å². The van der Waals surface area contributed by atoms with Gasteiger partial charge in [-0.25, -0.2) is 0 Å². The maximum atomic E-state index is 13.5. The van der Waals surface area contributed by atoms with Gasteiger partial charge in [0.05, 0.1) is 20.3 Å². The number of carbonyl (C=O) groups excluding carboxylic acids is 2. The molecule has 7 nitrogen and oxygen atoms in total. The van der Waals surface area contributed by atoms with Crippen molar-refractivity contribution in [3.63, 3.8) is 0 Å². The van der Waals surface area contributed by atoms with Gasteiger partial charge in [0, 0.05) is 39.1 Å². The molecule has 1 fully saturated rings. The van der Waals surface area contributed by atoms with Crippen molar-refractivity contribution >= 4 is 11.8 Å². The number of morpholine rings is 1. The highest BCUT2D eigenvalue weighted by Gasteiger charge is 2.31. The molecule has 33 heavy (non-hydrogen) atoms. The zero-order chi connectivity index (χ0) is 23.5. The predicted molar refractivity (Wildman–Crippen MR) is 128 cm³/mol. The Balaban J connectivity index is 1.80. The van der Waals surface area contributed by atoms with Gasteiger partial charge in [-0.3, -0.25) is 14.5 Å². The number of rotatable bonds is 11. The second kappa shape index (κ2) is 13.0. The van der Waals surface area contributed by atoms with Crippen LogP contribution in [0.4, 0.5) is 0 Å². The lowest BCUT2D eigenvalue weighted by molar-refractivity contribution is -0.141. The lowest BCUT2D eigenvalue weighted by Gasteiger charge is -2.32. The Morgan fingerprint density at radius 3 is 2.42 bits per heavy atom. The zero-order valence-electron chi connectivity index (χ0n) is 19.7. The topological polar surface area (TPSA) is 71.1 Å². The van der Waals surface area contributed by atoms with Gasteiger partial charge in [-0.1, -0.05) is 49.4 Å². The van der Waals surface area contributed by atoms with E-state index >= 15 is 0 Å². The van der Waals surface area contributed by atoms with Crippen molar-refractivity contribution < 1.29 is 19.1 Å². The summed E-state index contributed by atoms with van der Waals surface area (Å²) >= 11 is 0. The van der Waals surface area contributed by atoms with Crippen LogP contribution in [0.5, 0.6) is 5.75 Å². The van der Waals surface area contributed by atoms with E-state index in [0.29, 0.717) is 19.5 Å². The summed E-state index contributed by atoms with van der Waals surface area (Å²) in [6, 6.07) is 16.5. The maximum absolute atomic E-state index is 13.5. The second-order valence-corrected chi connectivity index (χ2v) is 8.18. The molecule has 2 aromatic carbocycles. The summed E-state index contributed by atoms with van der Waals surface area (Å²) in [4.78, 5) is 30.6. The monoisotopic (exact) mass is 453 g/mol. The smallest absolute Gasteiger partial charge is 0.247 e. The molecular weight excluding hydrogens is 418 g/mol. The summed E-state index contributed by atoms with van der Waals surface area (Å²) < 4.78 is 10.6. The van der Waals surface area contributed by atoms with Crippen LogP contribution in [0, 0.1) is 0 Å². The minimum absolute atomic E-state index is 0.0366. The molecule has 1 atom stereocenters. The van der Waals surface area contributed by atoms with E-state index in [0.717, 1.165) is 56.1 Å². The van der Waals surface area contributed by atoms with E-state index in [2.05, 4.69) is 10.2 Å². The lowest BCUT2D eigenvalue weighted by atomic mass is 10.0. The number of ether oxygens (including phenoxy) is 2. The Hall–Kier alpha value is -2.90. The van der Waals surface area contributed by atoms with Gasteiger partial charge >= 0.3 is 0 Å². The van der Waals surface area contributed by atoms with E-state index < -0.39 is 6.04 Å². The molecule has 7 heteroatoms. The third kappa shape index (κ3) is 7.30. The molecule has 0 spiro atoms.